The van der Waals surface area contributed by atoms with Crippen molar-refractivity contribution in [1.29, 1.82) is 0 Å². The molecule has 0 spiro atoms. The molecule has 104 valence electrons. The second-order valence-corrected chi connectivity index (χ2v) is 4.68. The van der Waals surface area contributed by atoms with E-state index in [9.17, 15) is 9.18 Å². The van der Waals surface area contributed by atoms with Crippen molar-refractivity contribution in [2.45, 2.75) is 12.8 Å². The summed E-state index contributed by atoms with van der Waals surface area (Å²) in [5.41, 5.74) is 0. The second kappa shape index (κ2) is 5.36. The highest BCUT2D eigenvalue weighted by Gasteiger charge is 2.22. The van der Waals surface area contributed by atoms with Gasteiger partial charge in [-0.25, -0.2) is 4.39 Å². The molecule has 3 rings (SSSR count). The zero-order valence-corrected chi connectivity index (χ0v) is 10.8. The molecule has 1 aromatic heterocycles. The van der Waals surface area contributed by atoms with Crippen LogP contribution in [0.15, 0.2) is 40.8 Å². The Kier molecular flexibility index (Phi) is 3.41. The van der Waals surface area contributed by atoms with Crippen molar-refractivity contribution in [3.63, 3.8) is 0 Å². The molecule has 20 heavy (non-hydrogen) atoms. The quantitative estimate of drug-likeness (QED) is 0.861. The predicted molar refractivity (Wildman–Crippen MR) is 70.3 cm³/mol. The summed E-state index contributed by atoms with van der Waals surface area (Å²) in [6.45, 7) is 1.53. The van der Waals surface area contributed by atoms with Crippen LogP contribution in [0.2, 0.25) is 0 Å². The number of furan rings is 1. The third-order valence-electron chi connectivity index (χ3n) is 3.20. The van der Waals surface area contributed by atoms with Gasteiger partial charge >= 0.3 is 0 Å². The van der Waals surface area contributed by atoms with Gasteiger partial charge in [0.25, 0.3) is 11.9 Å². The van der Waals surface area contributed by atoms with Crippen LogP contribution >= 0.6 is 0 Å². The summed E-state index contributed by atoms with van der Waals surface area (Å²) in [5, 5.41) is 0. The van der Waals surface area contributed by atoms with E-state index in [1.54, 1.807) is 29.2 Å². The molecule has 1 aliphatic rings. The minimum Gasteiger partial charge on any atom is -0.426 e. The van der Waals surface area contributed by atoms with Gasteiger partial charge < -0.3 is 14.1 Å². The van der Waals surface area contributed by atoms with Crippen LogP contribution in [0.5, 0.6) is 11.7 Å². The van der Waals surface area contributed by atoms with Crippen LogP contribution in [0, 0.1) is 5.82 Å². The number of carbonyl (C=O) groups is 1. The highest BCUT2D eigenvalue weighted by Crippen LogP contribution is 2.25. The molecule has 0 unspecified atom stereocenters. The first-order chi connectivity index (χ1) is 9.72. The second-order valence-electron chi connectivity index (χ2n) is 4.68. The summed E-state index contributed by atoms with van der Waals surface area (Å²) in [6, 6.07) is 8.89. The molecule has 0 saturated carbocycles. The number of hydrogen-bond donors (Lipinski definition) is 0. The van der Waals surface area contributed by atoms with E-state index < -0.39 is 0 Å². The van der Waals surface area contributed by atoms with Crippen LogP contribution < -0.4 is 4.74 Å². The number of ether oxygens (including phenoxy) is 1. The maximum Gasteiger partial charge on any atom is 0.290 e. The van der Waals surface area contributed by atoms with Gasteiger partial charge in [-0.05, 0) is 31.0 Å². The summed E-state index contributed by atoms with van der Waals surface area (Å²) < 4.78 is 23.8. The fourth-order valence-corrected chi connectivity index (χ4v) is 2.21. The molecule has 1 aromatic carbocycles. The minimum atomic E-state index is -0.387. The first kappa shape index (κ1) is 12.7. The van der Waals surface area contributed by atoms with E-state index in [1.165, 1.54) is 12.1 Å². The minimum absolute atomic E-state index is 0.128. The molecular formula is C15H14FNO3. The van der Waals surface area contributed by atoms with Crippen molar-refractivity contribution < 1.29 is 18.3 Å². The van der Waals surface area contributed by atoms with Gasteiger partial charge in [-0.2, -0.15) is 0 Å². The SMILES string of the molecule is O=C(c1ccc(Oc2cccc(F)c2)o1)N1CCCC1. The molecule has 0 N–H and O–H groups in total. The van der Waals surface area contributed by atoms with E-state index in [4.69, 9.17) is 9.15 Å². The summed E-state index contributed by atoms with van der Waals surface area (Å²) in [7, 11) is 0. The molecule has 1 fully saturated rings. The third kappa shape index (κ3) is 2.66. The Bertz CT molecular complexity index is 617. The molecule has 0 bridgehead atoms. The van der Waals surface area contributed by atoms with Crippen LogP contribution in [-0.4, -0.2) is 23.9 Å². The lowest BCUT2D eigenvalue weighted by atomic mass is 10.3. The van der Waals surface area contributed by atoms with Gasteiger partial charge in [-0.3, -0.25) is 4.79 Å². The number of hydrogen-bond acceptors (Lipinski definition) is 3. The Labute approximate surface area is 115 Å². The Hall–Kier alpha value is -2.30. The van der Waals surface area contributed by atoms with Crippen molar-refractivity contribution in [1.82, 2.24) is 4.90 Å². The average molecular weight is 275 g/mol. The summed E-state index contributed by atoms with van der Waals surface area (Å²) in [6.07, 6.45) is 2.05. The maximum absolute atomic E-state index is 13.0. The fourth-order valence-electron chi connectivity index (χ4n) is 2.21. The summed E-state index contributed by atoms with van der Waals surface area (Å²) in [5.74, 6) is 0.245. The van der Waals surface area contributed by atoms with E-state index in [0.717, 1.165) is 25.9 Å². The zero-order chi connectivity index (χ0) is 13.9. The maximum atomic E-state index is 13.0. The monoisotopic (exact) mass is 275 g/mol. The van der Waals surface area contributed by atoms with Crippen LogP contribution in [-0.2, 0) is 0 Å². The van der Waals surface area contributed by atoms with Gasteiger partial charge in [-0.1, -0.05) is 6.07 Å². The van der Waals surface area contributed by atoms with Crippen LogP contribution in [0.4, 0.5) is 4.39 Å². The number of amides is 1. The van der Waals surface area contributed by atoms with Crippen LogP contribution in [0.1, 0.15) is 23.4 Å². The highest BCUT2D eigenvalue weighted by molar-refractivity contribution is 5.91. The molecule has 1 amide bonds. The van der Waals surface area contributed by atoms with Crippen molar-refractivity contribution in [3.8, 4) is 11.7 Å². The van der Waals surface area contributed by atoms with Crippen molar-refractivity contribution >= 4 is 5.91 Å². The van der Waals surface area contributed by atoms with Gasteiger partial charge in [-0.15, -0.1) is 0 Å². The zero-order valence-electron chi connectivity index (χ0n) is 10.8. The summed E-state index contributed by atoms with van der Waals surface area (Å²) >= 11 is 0. The number of nitrogens with zero attached hydrogens (tertiary/aromatic N) is 1. The number of halogens is 1. The number of carbonyl (C=O) groups excluding carboxylic acids is 1. The molecule has 1 saturated heterocycles. The Morgan fingerprint density at radius 2 is 2.00 bits per heavy atom. The van der Waals surface area contributed by atoms with Crippen molar-refractivity contribution in [2.75, 3.05) is 13.1 Å². The van der Waals surface area contributed by atoms with Gasteiger partial charge in [0.05, 0.1) is 0 Å². The van der Waals surface area contributed by atoms with Gasteiger partial charge in [0.1, 0.15) is 11.6 Å². The van der Waals surface area contributed by atoms with Gasteiger partial charge in [0.15, 0.2) is 5.76 Å². The Morgan fingerprint density at radius 3 is 2.75 bits per heavy atom. The molecule has 0 atom stereocenters. The first-order valence-corrected chi connectivity index (χ1v) is 6.55. The number of rotatable bonds is 3. The number of benzene rings is 1. The number of likely N-dealkylation sites (tertiary alicyclic amines) is 1. The molecule has 0 aliphatic carbocycles. The fraction of sp³-hybridized carbons (Fsp3) is 0.267. The Balaban J connectivity index is 1.71. The topological polar surface area (TPSA) is 42.7 Å². The van der Waals surface area contributed by atoms with Gasteiger partial charge in [0, 0.05) is 25.2 Å². The highest BCUT2D eigenvalue weighted by atomic mass is 19.1. The summed E-state index contributed by atoms with van der Waals surface area (Å²) in [4.78, 5) is 13.8. The van der Waals surface area contributed by atoms with Gasteiger partial charge in [0.2, 0.25) is 0 Å². The molecule has 2 aromatic rings. The van der Waals surface area contributed by atoms with Crippen molar-refractivity contribution in [3.05, 3.63) is 48.0 Å². The molecule has 4 nitrogen and oxygen atoms in total. The van der Waals surface area contributed by atoms with Crippen molar-refractivity contribution in [2.24, 2.45) is 0 Å². The lowest BCUT2D eigenvalue weighted by molar-refractivity contribution is 0.0756. The third-order valence-corrected chi connectivity index (χ3v) is 3.20. The Morgan fingerprint density at radius 1 is 1.20 bits per heavy atom. The van der Waals surface area contributed by atoms with E-state index in [1.807, 2.05) is 0 Å². The van der Waals surface area contributed by atoms with E-state index in [-0.39, 0.29) is 23.4 Å². The predicted octanol–water partition coefficient (Wildman–Crippen LogP) is 3.45. The molecule has 2 heterocycles. The average Bonchev–Trinajstić information content (AvgIpc) is 3.09. The smallest absolute Gasteiger partial charge is 0.290 e. The van der Waals surface area contributed by atoms with Crippen LogP contribution in [0.25, 0.3) is 0 Å². The largest absolute Gasteiger partial charge is 0.426 e. The lowest BCUT2D eigenvalue weighted by Gasteiger charge is -2.12. The molecular weight excluding hydrogens is 261 g/mol. The lowest BCUT2D eigenvalue weighted by Crippen LogP contribution is -2.27. The van der Waals surface area contributed by atoms with E-state index in [0.29, 0.717) is 5.75 Å². The first-order valence-electron chi connectivity index (χ1n) is 6.55. The molecule has 0 radical (unpaired) electrons. The van der Waals surface area contributed by atoms with E-state index in [2.05, 4.69) is 0 Å². The van der Waals surface area contributed by atoms with Crippen LogP contribution in [0.3, 0.4) is 0 Å². The standard InChI is InChI=1S/C15H14FNO3/c16-11-4-3-5-12(10-11)19-14-7-6-13(20-14)15(18)17-8-1-2-9-17/h3-7,10H,1-2,8-9H2. The molecule has 1 aliphatic heterocycles. The van der Waals surface area contributed by atoms with E-state index >= 15 is 0 Å². The molecule has 5 heteroatoms. The normalized spacial score (nSPS) is 14.6.